The highest BCUT2D eigenvalue weighted by atomic mass is 35.5. The zero-order valence-electron chi connectivity index (χ0n) is 7.20. The Kier molecular flexibility index (Phi) is 3.61. The lowest BCUT2D eigenvalue weighted by atomic mass is 10.2. The number of hydrogen-bond donors (Lipinski definition) is 3. The van der Waals surface area contributed by atoms with Gasteiger partial charge in [0.05, 0.1) is 12.2 Å². The quantitative estimate of drug-likeness (QED) is 0.638. The summed E-state index contributed by atoms with van der Waals surface area (Å²) < 4.78 is 0. The van der Waals surface area contributed by atoms with Gasteiger partial charge in [0.25, 0.3) is 5.91 Å². The maximum Gasteiger partial charge on any atom is 0.252 e. The molecule has 1 rings (SSSR count). The number of amides is 1. The molecule has 0 radical (unpaired) electrons. The first-order chi connectivity index (χ1) is 6.65. The summed E-state index contributed by atoms with van der Waals surface area (Å²) in [5.41, 5.74) is 5.24. The fourth-order valence-electron chi connectivity index (χ4n) is 0.861. The predicted octanol–water partition coefficient (Wildman–Crippen LogP) is -0.367. The molecule has 0 saturated carbocycles. The number of anilines is 1. The number of halogens is 1. The molecule has 0 saturated heterocycles. The van der Waals surface area contributed by atoms with Gasteiger partial charge in [-0.15, -0.1) is 10.2 Å². The number of aromatic nitrogens is 2. The molecule has 4 N–H and O–H groups in total. The maximum absolute atomic E-state index is 10.9. The molecule has 0 unspecified atom stereocenters. The number of rotatable bonds is 4. The number of carbonyl (C=O) groups is 1. The Morgan fingerprint density at radius 2 is 2.36 bits per heavy atom. The molecule has 0 aliphatic carbocycles. The summed E-state index contributed by atoms with van der Waals surface area (Å²) in [4.78, 5) is 10.9. The van der Waals surface area contributed by atoms with E-state index in [1.54, 1.807) is 0 Å². The van der Waals surface area contributed by atoms with Gasteiger partial charge < -0.3 is 16.2 Å². The molecule has 14 heavy (non-hydrogen) atoms. The maximum atomic E-state index is 10.9. The van der Waals surface area contributed by atoms with Crippen molar-refractivity contribution in [1.82, 2.24) is 10.2 Å². The van der Waals surface area contributed by atoms with E-state index in [-0.39, 0.29) is 29.7 Å². The summed E-state index contributed by atoms with van der Waals surface area (Å²) in [5, 5.41) is 18.5. The average molecular weight is 217 g/mol. The van der Waals surface area contributed by atoms with E-state index in [0.717, 1.165) is 0 Å². The van der Waals surface area contributed by atoms with Crippen molar-refractivity contribution in [2.75, 3.05) is 18.5 Å². The summed E-state index contributed by atoms with van der Waals surface area (Å²) in [6.07, 6.45) is 0. The van der Waals surface area contributed by atoms with Crippen LogP contribution in [0.3, 0.4) is 0 Å². The minimum atomic E-state index is -0.651. The normalized spacial score (nSPS) is 9.86. The summed E-state index contributed by atoms with van der Waals surface area (Å²) in [6, 6.07) is 1.32. The molecule has 0 spiro atoms. The second kappa shape index (κ2) is 4.73. The van der Waals surface area contributed by atoms with Gasteiger partial charge in [0.1, 0.15) is 0 Å². The largest absolute Gasteiger partial charge is 0.395 e. The molecule has 0 atom stereocenters. The number of primary amides is 1. The first kappa shape index (κ1) is 10.7. The Labute approximate surface area is 85.1 Å². The third-order valence-electron chi connectivity index (χ3n) is 1.43. The SMILES string of the molecule is NC(=O)c1cc(Cl)nnc1NCCO. The van der Waals surface area contributed by atoms with Crippen LogP contribution in [0.2, 0.25) is 5.15 Å². The summed E-state index contributed by atoms with van der Waals surface area (Å²) in [5.74, 6) is -0.432. The fraction of sp³-hybridized carbons (Fsp3) is 0.286. The van der Waals surface area contributed by atoms with Gasteiger partial charge in [0, 0.05) is 6.54 Å². The van der Waals surface area contributed by atoms with E-state index < -0.39 is 5.91 Å². The van der Waals surface area contributed by atoms with Gasteiger partial charge in [-0.05, 0) is 6.07 Å². The van der Waals surface area contributed by atoms with E-state index >= 15 is 0 Å². The molecule has 1 heterocycles. The predicted molar refractivity (Wildman–Crippen MR) is 51.1 cm³/mol. The number of nitrogens with zero attached hydrogens (tertiary/aromatic N) is 2. The van der Waals surface area contributed by atoms with Crippen molar-refractivity contribution >= 4 is 23.3 Å². The van der Waals surface area contributed by atoms with Gasteiger partial charge in [-0.3, -0.25) is 4.79 Å². The highest BCUT2D eigenvalue weighted by Crippen LogP contribution is 2.13. The monoisotopic (exact) mass is 216 g/mol. The van der Waals surface area contributed by atoms with Crippen molar-refractivity contribution in [1.29, 1.82) is 0 Å². The minimum Gasteiger partial charge on any atom is -0.395 e. The van der Waals surface area contributed by atoms with Crippen molar-refractivity contribution in [3.63, 3.8) is 0 Å². The average Bonchev–Trinajstić information content (AvgIpc) is 2.15. The van der Waals surface area contributed by atoms with E-state index in [9.17, 15) is 4.79 Å². The van der Waals surface area contributed by atoms with Crippen LogP contribution in [0.5, 0.6) is 0 Å². The number of aliphatic hydroxyl groups is 1. The van der Waals surface area contributed by atoms with Gasteiger partial charge in [0.15, 0.2) is 11.0 Å². The van der Waals surface area contributed by atoms with E-state index in [1.807, 2.05) is 0 Å². The Hall–Kier alpha value is -1.40. The topological polar surface area (TPSA) is 101 Å². The highest BCUT2D eigenvalue weighted by Gasteiger charge is 2.10. The van der Waals surface area contributed by atoms with E-state index in [0.29, 0.717) is 0 Å². The molecular formula is C7H9ClN4O2. The van der Waals surface area contributed by atoms with Crippen molar-refractivity contribution in [3.05, 3.63) is 16.8 Å². The molecule has 0 bridgehead atoms. The lowest BCUT2D eigenvalue weighted by Gasteiger charge is -2.06. The van der Waals surface area contributed by atoms with Crippen LogP contribution in [0.15, 0.2) is 6.07 Å². The number of aliphatic hydroxyl groups excluding tert-OH is 1. The highest BCUT2D eigenvalue weighted by molar-refractivity contribution is 6.29. The van der Waals surface area contributed by atoms with Gasteiger partial charge in [0.2, 0.25) is 0 Å². The van der Waals surface area contributed by atoms with Crippen molar-refractivity contribution in [2.24, 2.45) is 5.73 Å². The zero-order valence-corrected chi connectivity index (χ0v) is 7.95. The van der Waals surface area contributed by atoms with Crippen LogP contribution in [0.25, 0.3) is 0 Å². The third-order valence-corrected chi connectivity index (χ3v) is 1.62. The first-order valence-corrected chi connectivity index (χ1v) is 4.20. The lowest BCUT2D eigenvalue weighted by molar-refractivity contribution is 0.100. The van der Waals surface area contributed by atoms with E-state index in [2.05, 4.69) is 15.5 Å². The molecule has 0 fully saturated rings. The molecule has 6 nitrogen and oxygen atoms in total. The fourth-order valence-corrected chi connectivity index (χ4v) is 1.01. The molecule has 0 aromatic carbocycles. The molecule has 76 valence electrons. The molecule has 1 amide bonds. The molecular weight excluding hydrogens is 208 g/mol. The van der Waals surface area contributed by atoms with Gasteiger partial charge >= 0.3 is 0 Å². The molecule has 0 aliphatic heterocycles. The summed E-state index contributed by atoms with van der Waals surface area (Å²) >= 11 is 5.54. The van der Waals surface area contributed by atoms with Crippen LogP contribution in [0.4, 0.5) is 5.82 Å². The number of nitrogens with one attached hydrogen (secondary N) is 1. The van der Waals surface area contributed by atoms with Gasteiger partial charge in [-0.25, -0.2) is 0 Å². The van der Waals surface area contributed by atoms with Crippen LogP contribution in [-0.4, -0.2) is 34.4 Å². The van der Waals surface area contributed by atoms with Crippen LogP contribution >= 0.6 is 11.6 Å². The molecule has 0 aliphatic rings. The minimum absolute atomic E-state index is 0.0808. The van der Waals surface area contributed by atoms with Gasteiger partial charge in [-0.1, -0.05) is 11.6 Å². The molecule has 1 aromatic rings. The van der Waals surface area contributed by atoms with E-state index in [4.69, 9.17) is 22.4 Å². The standard InChI is InChI=1S/C7H9ClN4O2/c8-5-3-4(6(9)14)7(12-11-5)10-1-2-13/h3,13H,1-2H2,(H2,9,14)(H,10,12). The van der Waals surface area contributed by atoms with Crippen LogP contribution in [0, 0.1) is 0 Å². The van der Waals surface area contributed by atoms with Crippen LogP contribution in [-0.2, 0) is 0 Å². The summed E-state index contributed by atoms with van der Waals surface area (Å²) in [6.45, 7) is 0.180. The zero-order chi connectivity index (χ0) is 10.6. The molecule has 1 aromatic heterocycles. The smallest absolute Gasteiger partial charge is 0.252 e. The number of carbonyl (C=O) groups excluding carboxylic acids is 1. The second-order valence-corrected chi connectivity index (χ2v) is 2.83. The first-order valence-electron chi connectivity index (χ1n) is 3.83. The Morgan fingerprint density at radius 3 is 2.93 bits per heavy atom. The molecule has 7 heteroatoms. The van der Waals surface area contributed by atoms with Gasteiger partial charge in [-0.2, -0.15) is 0 Å². The Morgan fingerprint density at radius 1 is 1.64 bits per heavy atom. The van der Waals surface area contributed by atoms with Crippen LogP contribution in [0.1, 0.15) is 10.4 Å². The summed E-state index contributed by atoms with van der Waals surface area (Å²) in [7, 11) is 0. The Balaban J connectivity index is 2.96. The number of hydrogen-bond acceptors (Lipinski definition) is 5. The van der Waals surface area contributed by atoms with Crippen molar-refractivity contribution in [3.8, 4) is 0 Å². The Bertz CT molecular complexity index is 344. The second-order valence-electron chi connectivity index (χ2n) is 2.44. The van der Waals surface area contributed by atoms with E-state index in [1.165, 1.54) is 6.07 Å². The van der Waals surface area contributed by atoms with Crippen molar-refractivity contribution < 1.29 is 9.90 Å². The third kappa shape index (κ3) is 2.54. The lowest BCUT2D eigenvalue weighted by Crippen LogP contribution is -2.17. The van der Waals surface area contributed by atoms with Crippen LogP contribution < -0.4 is 11.1 Å². The number of nitrogens with two attached hydrogens (primary N) is 1. The van der Waals surface area contributed by atoms with Crippen molar-refractivity contribution in [2.45, 2.75) is 0 Å².